The zero-order valence-electron chi connectivity index (χ0n) is 9.10. The SMILES string of the molecule is FC1(F)CC12CC(c1nc(-c3nn[nH]n3)no1)C2. The Morgan fingerprint density at radius 3 is 2.67 bits per heavy atom. The summed E-state index contributed by atoms with van der Waals surface area (Å²) in [4.78, 5) is 4.11. The van der Waals surface area contributed by atoms with E-state index in [2.05, 4.69) is 30.8 Å². The number of hydrogen-bond acceptors (Lipinski definition) is 6. The highest BCUT2D eigenvalue weighted by Crippen LogP contribution is 2.74. The molecule has 0 aromatic carbocycles. The number of hydrogen-bond donors (Lipinski definition) is 1. The average molecular weight is 254 g/mol. The largest absolute Gasteiger partial charge is 0.339 e. The summed E-state index contributed by atoms with van der Waals surface area (Å²) in [6.45, 7) is 0. The van der Waals surface area contributed by atoms with Gasteiger partial charge in [0.15, 0.2) is 0 Å². The highest BCUT2D eigenvalue weighted by Gasteiger charge is 2.76. The van der Waals surface area contributed by atoms with Crippen molar-refractivity contribution in [3.8, 4) is 11.6 Å². The summed E-state index contributed by atoms with van der Waals surface area (Å²) >= 11 is 0. The Morgan fingerprint density at radius 1 is 1.28 bits per heavy atom. The molecular formula is C9H8F2N6O. The minimum atomic E-state index is -2.50. The first-order valence-corrected chi connectivity index (χ1v) is 5.55. The van der Waals surface area contributed by atoms with Crippen LogP contribution in [-0.4, -0.2) is 36.7 Å². The molecule has 2 fully saturated rings. The Hall–Kier alpha value is -1.93. The predicted octanol–water partition coefficient (Wildman–Crippen LogP) is 1.15. The van der Waals surface area contributed by atoms with Gasteiger partial charge in [0.25, 0.3) is 5.92 Å². The zero-order valence-corrected chi connectivity index (χ0v) is 9.10. The summed E-state index contributed by atoms with van der Waals surface area (Å²) in [6.07, 6.45) is 0.810. The molecule has 2 aromatic heterocycles. The van der Waals surface area contributed by atoms with Gasteiger partial charge in [-0.1, -0.05) is 5.16 Å². The molecule has 94 valence electrons. The fourth-order valence-corrected chi connectivity index (χ4v) is 2.63. The van der Waals surface area contributed by atoms with Crippen LogP contribution in [0.3, 0.4) is 0 Å². The molecule has 7 nitrogen and oxygen atoms in total. The van der Waals surface area contributed by atoms with Crippen molar-refractivity contribution >= 4 is 0 Å². The highest BCUT2D eigenvalue weighted by atomic mass is 19.3. The quantitative estimate of drug-likeness (QED) is 0.864. The summed E-state index contributed by atoms with van der Waals surface area (Å²) in [6, 6.07) is 0. The van der Waals surface area contributed by atoms with Crippen molar-refractivity contribution < 1.29 is 13.3 Å². The lowest BCUT2D eigenvalue weighted by molar-refractivity contribution is 0.0144. The molecule has 18 heavy (non-hydrogen) atoms. The highest BCUT2D eigenvalue weighted by molar-refractivity contribution is 5.39. The van der Waals surface area contributed by atoms with Crippen molar-refractivity contribution in [1.29, 1.82) is 0 Å². The van der Waals surface area contributed by atoms with Crippen LogP contribution in [-0.2, 0) is 0 Å². The Balaban J connectivity index is 1.51. The molecule has 2 aliphatic rings. The normalized spacial score (nSPS) is 32.4. The molecule has 1 N–H and O–H groups in total. The van der Waals surface area contributed by atoms with E-state index in [1.54, 1.807) is 0 Å². The number of rotatable bonds is 2. The Morgan fingerprint density at radius 2 is 2.06 bits per heavy atom. The molecule has 0 atom stereocenters. The Kier molecular flexibility index (Phi) is 1.62. The van der Waals surface area contributed by atoms with Crippen molar-refractivity contribution in [2.24, 2.45) is 5.41 Å². The number of aromatic amines is 1. The summed E-state index contributed by atoms with van der Waals surface area (Å²) in [5, 5.41) is 16.8. The van der Waals surface area contributed by atoms with E-state index >= 15 is 0 Å². The number of nitrogens with one attached hydrogen (secondary N) is 1. The number of aromatic nitrogens is 6. The summed E-state index contributed by atoms with van der Waals surface area (Å²) in [7, 11) is 0. The van der Waals surface area contributed by atoms with Gasteiger partial charge in [-0.15, -0.1) is 10.2 Å². The van der Waals surface area contributed by atoms with Crippen LogP contribution in [0.15, 0.2) is 4.52 Å². The minimum Gasteiger partial charge on any atom is -0.339 e. The molecule has 0 aliphatic heterocycles. The molecule has 1 spiro atoms. The van der Waals surface area contributed by atoms with Crippen LogP contribution in [0, 0.1) is 5.41 Å². The van der Waals surface area contributed by atoms with E-state index in [1.165, 1.54) is 0 Å². The molecule has 2 aromatic rings. The van der Waals surface area contributed by atoms with E-state index in [0.29, 0.717) is 18.7 Å². The molecule has 0 unspecified atom stereocenters. The van der Waals surface area contributed by atoms with Gasteiger partial charge in [0.05, 0.1) is 0 Å². The fraction of sp³-hybridized carbons (Fsp3) is 0.667. The topological polar surface area (TPSA) is 93.4 Å². The van der Waals surface area contributed by atoms with Crippen LogP contribution >= 0.6 is 0 Å². The van der Waals surface area contributed by atoms with Crippen LogP contribution in [0.1, 0.15) is 31.1 Å². The number of tetrazole rings is 1. The van der Waals surface area contributed by atoms with Gasteiger partial charge in [-0.3, -0.25) is 0 Å². The molecule has 2 aliphatic carbocycles. The second kappa shape index (κ2) is 2.90. The van der Waals surface area contributed by atoms with Crippen molar-refractivity contribution in [3.63, 3.8) is 0 Å². The third-order valence-electron chi connectivity index (χ3n) is 3.82. The van der Waals surface area contributed by atoms with Gasteiger partial charge in [0.1, 0.15) is 0 Å². The molecule has 0 saturated heterocycles. The van der Waals surface area contributed by atoms with E-state index in [4.69, 9.17) is 4.52 Å². The average Bonchev–Trinajstić information content (AvgIpc) is 2.79. The maximum absolute atomic E-state index is 13.1. The Bertz CT molecular complexity index is 588. The molecule has 9 heteroatoms. The van der Waals surface area contributed by atoms with Gasteiger partial charge in [0.2, 0.25) is 17.5 Å². The fourth-order valence-electron chi connectivity index (χ4n) is 2.63. The van der Waals surface area contributed by atoms with Crippen LogP contribution in [0.25, 0.3) is 11.6 Å². The van der Waals surface area contributed by atoms with Crippen LogP contribution in [0.5, 0.6) is 0 Å². The second-order valence-electron chi connectivity index (χ2n) is 4.96. The first-order chi connectivity index (χ1) is 8.60. The van der Waals surface area contributed by atoms with Crippen molar-refractivity contribution in [3.05, 3.63) is 5.89 Å². The van der Waals surface area contributed by atoms with Gasteiger partial charge in [-0.25, -0.2) is 8.78 Å². The van der Waals surface area contributed by atoms with Crippen LogP contribution < -0.4 is 0 Å². The second-order valence-corrected chi connectivity index (χ2v) is 4.96. The third kappa shape index (κ3) is 1.18. The standard InChI is InChI=1S/C9H8F2N6O/c10-9(11)3-8(9)1-4(2-8)7-12-5(15-18-7)6-13-16-17-14-6/h4H,1-3H2,(H,13,14,16,17). The third-order valence-corrected chi connectivity index (χ3v) is 3.82. The molecular weight excluding hydrogens is 246 g/mol. The van der Waals surface area contributed by atoms with Gasteiger partial charge < -0.3 is 4.52 Å². The van der Waals surface area contributed by atoms with E-state index in [-0.39, 0.29) is 24.0 Å². The molecule has 0 radical (unpaired) electrons. The monoisotopic (exact) mass is 254 g/mol. The van der Waals surface area contributed by atoms with E-state index in [1.807, 2.05) is 0 Å². The van der Waals surface area contributed by atoms with Gasteiger partial charge in [-0.05, 0) is 18.1 Å². The minimum absolute atomic E-state index is 0.0116. The van der Waals surface area contributed by atoms with E-state index < -0.39 is 11.3 Å². The number of H-pyrrole nitrogens is 1. The summed E-state index contributed by atoms with van der Waals surface area (Å²) in [5.41, 5.74) is -0.793. The summed E-state index contributed by atoms with van der Waals surface area (Å²) < 4.78 is 31.2. The molecule has 0 amide bonds. The van der Waals surface area contributed by atoms with Gasteiger partial charge >= 0.3 is 0 Å². The number of nitrogens with zero attached hydrogens (tertiary/aromatic N) is 5. The van der Waals surface area contributed by atoms with Gasteiger partial charge in [-0.2, -0.15) is 10.2 Å². The van der Waals surface area contributed by atoms with Gasteiger partial charge in [0, 0.05) is 17.8 Å². The van der Waals surface area contributed by atoms with Crippen molar-refractivity contribution in [1.82, 2.24) is 30.8 Å². The lowest BCUT2D eigenvalue weighted by Gasteiger charge is -2.33. The first kappa shape index (κ1) is 10.0. The lowest BCUT2D eigenvalue weighted by Crippen LogP contribution is -2.28. The number of halogens is 2. The molecule has 0 bridgehead atoms. The summed E-state index contributed by atoms with van der Waals surface area (Å²) in [5.74, 6) is -1.74. The maximum Gasteiger partial charge on any atom is 0.254 e. The lowest BCUT2D eigenvalue weighted by atomic mass is 9.71. The van der Waals surface area contributed by atoms with Crippen LogP contribution in [0.4, 0.5) is 8.78 Å². The molecule has 2 heterocycles. The predicted molar refractivity (Wildman–Crippen MR) is 51.4 cm³/mol. The number of alkyl halides is 2. The van der Waals surface area contributed by atoms with Crippen molar-refractivity contribution in [2.75, 3.05) is 0 Å². The Labute approximate surface area is 99.0 Å². The van der Waals surface area contributed by atoms with Crippen LogP contribution in [0.2, 0.25) is 0 Å². The van der Waals surface area contributed by atoms with Crippen molar-refractivity contribution in [2.45, 2.75) is 31.1 Å². The molecule has 4 rings (SSSR count). The first-order valence-electron chi connectivity index (χ1n) is 5.55. The van der Waals surface area contributed by atoms with E-state index in [9.17, 15) is 8.78 Å². The molecule has 2 saturated carbocycles. The maximum atomic E-state index is 13.1. The smallest absolute Gasteiger partial charge is 0.254 e. The van der Waals surface area contributed by atoms with E-state index in [0.717, 1.165) is 0 Å². The zero-order chi connectivity index (χ0) is 12.4.